The number of phenolic OH excluding ortho intramolecular Hbond substituents is 1. The monoisotopic (exact) mass is 280 g/mol. The highest BCUT2D eigenvalue weighted by molar-refractivity contribution is 6.04. The summed E-state index contributed by atoms with van der Waals surface area (Å²) in [5.41, 5.74) is 6.02. The smallest absolute Gasteiger partial charge is 0.275 e. The number of carbonyl (C=O) groups excluding carboxylic acids is 1. The van der Waals surface area contributed by atoms with E-state index in [9.17, 15) is 9.90 Å². The van der Waals surface area contributed by atoms with Crippen LogP contribution in [0.1, 0.15) is 34.3 Å². The molecule has 0 unspecified atom stereocenters. The summed E-state index contributed by atoms with van der Waals surface area (Å²) >= 11 is 0. The number of hydrazone groups is 1. The van der Waals surface area contributed by atoms with Crippen molar-refractivity contribution < 1.29 is 9.90 Å². The Bertz CT molecular complexity index is 707. The minimum Gasteiger partial charge on any atom is -0.507 e. The predicted molar refractivity (Wildman–Crippen MR) is 81.5 cm³/mol. The number of fused-ring (bicyclic) bond motifs is 1. The van der Waals surface area contributed by atoms with Crippen LogP contribution in [0.2, 0.25) is 0 Å². The number of rotatable bonds is 2. The average molecular weight is 280 g/mol. The third-order valence-corrected chi connectivity index (χ3v) is 3.63. The first kappa shape index (κ1) is 13.4. The Morgan fingerprint density at radius 1 is 1.05 bits per heavy atom. The zero-order valence-corrected chi connectivity index (χ0v) is 11.5. The largest absolute Gasteiger partial charge is 0.507 e. The lowest BCUT2D eigenvalue weighted by molar-refractivity contribution is 0.0952. The Kier molecular flexibility index (Phi) is 3.69. The van der Waals surface area contributed by atoms with Crippen LogP contribution in [0, 0.1) is 0 Å². The highest BCUT2D eigenvalue weighted by Crippen LogP contribution is 2.21. The molecule has 2 aromatic carbocycles. The van der Waals surface area contributed by atoms with Crippen molar-refractivity contribution in [2.24, 2.45) is 5.10 Å². The van der Waals surface area contributed by atoms with E-state index in [-0.39, 0.29) is 11.3 Å². The van der Waals surface area contributed by atoms with Crippen molar-refractivity contribution in [2.75, 3.05) is 0 Å². The van der Waals surface area contributed by atoms with Crippen molar-refractivity contribution in [1.82, 2.24) is 5.43 Å². The number of benzene rings is 2. The fourth-order valence-electron chi connectivity index (χ4n) is 2.56. The summed E-state index contributed by atoms with van der Waals surface area (Å²) in [5, 5.41) is 13.9. The Labute approximate surface area is 123 Å². The van der Waals surface area contributed by atoms with Crippen molar-refractivity contribution in [2.45, 2.75) is 19.3 Å². The molecule has 0 heterocycles. The molecule has 0 fully saturated rings. The van der Waals surface area contributed by atoms with E-state index in [1.807, 2.05) is 18.2 Å². The second-order valence-corrected chi connectivity index (χ2v) is 5.03. The van der Waals surface area contributed by atoms with E-state index < -0.39 is 5.91 Å². The van der Waals surface area contributed by atoms with Crippen LogP contribution in [0.4, 0.5) is 0 Å². The number of para-hydroxylation sites is 1. The molecule has 4 heteroatoms. The van der Waals surface area contributed by atoms with Gasteiger partial charge in [-0.2, -0.15) is 5.10 Å². The molecule has 0 saturated carbocycles. The maximum atomic E-state index is 12.0. The van der Waals surface area contributed by atoms with Crippen LogP contribution >= 0.6 is 0 Å². The molecule has 3 rings (SSSR count). The zero-order chi connectivity index (χ0) is 14.7. The lowest BCUT2D eigenvalue weighted by Gasteiger charge is -2.17. The van der Waals surface area contributed by atoms with Crippen molar-refractivity contribution in [3.05, 3.63) is 65.2 Å². The van der Waals surface area contributed by atoms with Gasteiger partial charge >= 0.3 is 0 Å². The molecule has 1 aliphatic carbocycles. The molecule has 106 valence electrons. The van der Waals surface area contributed by atoms with Gasteiger partial charge in [0.2, 0.25) is 0 Å². The second-order valence-electron chi connectivity index (χ2n) is 5.03. The summed E-state index contributed by atoms with van der Waals surface area (Å²) in [5.74, 6) is -0.442. The maximum Gasteiger partial charge on any atom is 0.275 e. The second kappa shape index (κ2) is 5.79. The summed E-state index contributed by atoms with van der Waals surface area (Å²) in [4.78, 5) is 12.0. The molecule has 21 heavy (non-hydrogen) atoms. The molecule has 0 bridgehead atoms. The normalized spacial score (nSPS) is 15.5. The van der Waals surface area contributed by atoms with E-state index in [0.717, 1.165) is 30.5 Å². The summed E-state index contributed by atoms with van der Waals surface area (Å²) in [7, 11) is 0. The van der Waals surface area contributed by atoms with Crippen LogP contribution in [0.15, 0.2) is 53.6 Å². The predicted octanol–water partition coefficient (Wildman–Crippen LogP) is 2.86. The van der Waals surface area contributed by atoms with E-state index in [2.05, 4.69) is 16.6 Å². The number of hydrogen-bond donors (Lipinski definition) is 2. The highest BCUT2D eigenvalue weighted by Gasteiger charge is 2.16. The molecular formula is C17H16N2O2. The summed E-state index contributed by atoms with van der Waals surface area (Å²) in [6.45, 7) is 0. The van der Waals surface area contributed by atoms with Crippen LogP contribution in [-0.4, -0.2) is 16.7 Å². The minimum atomic E-state index is -0.399. The molecule has 2 aromatic rings. The van der Waals surface area contributed by atoms with Crippen LogP contribution < -0.4 is 5.43 Å². The standard InChI is InChI=1S/C17H16N2O2/c20-16-11-4-3-9-14(16)17(21)19-18-15-10-5-7-12-6-1-2-8-13(12)15/h1-4,6,8-9,11,20H,5,7,10H2,(H,19,21)/b18-15-. The van der Waals surface area contributed by atoms with Crippen LogP contribution in [-0.2, 0) is 6.42 Å². The van der Waals surface area contributed by atoms with Gasteiger partial charge in [0, 0.05) is 5.56 Å². The van der Waals surface area contributed by atoms with E-state index in [4.69, 9.17) is 0 Å². The molecule has 0 atom stereocenters. The van der Waals surface area contributed by atoms with Gasteiger partial charge in [-0.15, -0.1) is 0 Å². The number of phenols is 1. The molecule has 0 radical (unpaired) electrons. The van der Waals surface area contributed by atoms with Crippen molar-refractivity contribution in [3.8, 4) is 5.75 Å². The first-order valence-electron chi connectivity index (χ1n) is 6.99. The molecule has 1 aliphatic rings. The molecule has 0 saturated heterocycles. The molecule has 0 aliphatic heterocycles. The Balaban J connectivity index is 1.82. The van der Waals surface area contributed by atoms with E-state index >= 15 is 0 Å². The van der Waals surface area contributed by atoms with E-state index in [1.165, 1.54) is 11.6 Å². The number of hydrogen-bond acceptors (Lipinski definition) is 3. The van der Waals surface area contributed by atoms with Gasteiger partial charge in [0.05, 0.1) is 11.3 Å². The number of aryl methyl sites for hydroxylation is 1. The van der Waals surface area contributed by atoms with Crippen molar-refractivity contribution in [1.29, 1.82) is 0 Å². The summed E-state index contributed by atoms with van der Waals surface area (Å²) in [6.07, 6.45) is 2.92. The molecule has 0 aromatic heterocycles. The van der Waals surface area contributed by atoms with Gasteiger partial charge in [0.1, 0.15) is 5.75 Å². The first-order chi connectivity index (χ1) is 10.3. The lowest BCUT2D eigenvalue weighted by Crippen LogP contribution is -2.22. The third kappa shape index (κ3) is 2.79. The van der Waals surface area contributed by atoms with E-state index in [1.54, 1.807) is 18.2 Å². The average Bonchev–Trinajstić information content (AvgIpc) is 2.53. The molecule has 1 amide bonds. The molecule has 2 N–H and O–H groups in total. The van der Waals surface area contributed by atoms with Crippen LogP contribution in [0.3, 0.4) is 0 Å². The number of carbonyl (C=O) groups is 1. The molecule has 0 spiro atoms. The van der Waals surface area contributed by atoms with E-state index in [0.29, 0.717) is 0 Å². The Morgan fingerprint density at radius 2 is 1.81 bits per heavy atom. The lowest BCUT2D eigenvalue weighted by atomic mass is 9.90. The van der Waals surface area contributed by atoms with Gasteiger partial charge in [-0.05, 0) is 37.0 Å². The molecule has 4 nitrogen and oxygen atoms in total. The summed E-state index contributed by atoms with van der Waals surface area (Å²) < 4.78 is 0. The Morgan fingerprint density at radius 3 is 2.67 bits per heavy atom. The molecular weight excluding hydrogens is 264 g/mol. The third-order valence-electron chi connectivity index (χ3n) is 3.63. The maximum absolute atomic E-state index is 12.0. The first-order valence-corrected chi connectivity index (χ1v) is 6.99. The van der Waals surface area contributed by atoms with Gasteiger partial charge < -0.3 is 5.11 Å². The number of amides is 1. The highest BCUT2D eigenvalue weighted by atomic mass is 16.3. The van der Waals surface area contributed by atoms with Crippen molar-refractivity contribution >= 4 is 11.6 Å². The fraction of sp³-hybridized carbons (Fsp3) is 0.176. The zero-order valence-electron chi connectivity index (χ0n) is 11.5. The number of nitrogens with one attached hydrogen (secondary N) is 1. The number of aromatic hydroxyl groups is 1. The van der Waals surface area contributed by atoms with Gasteiger partial charge in [0.25, 0.3) is 5.91 Å². The Hall–Kier alpha value is -2.62. The van der Waals surface area contributed by atoms with Gasteiger partial charge in [-0.1, -0.05) is 36.4 Å². The van der Waals surface area contributed by atoms with Crippen LogP contribution in [0.25, 0.3) is 0 Å². The SMILES string of the molecule is O=C(N/N=C1/CCCc2ccccc21)c1ccccc1O. The van der Waals surface area contributed by atoms with Gasteiger partial charge in [0.15, 0.2) is 0 Å². The van der Waals surface area contributed by atoms with Crippen LogP contribution in [0.5, 0.6) is 5.75 Å². The fourth-order valence-corrected chi connectivity index (χ4v) is 2.56. The quantitative estimate of drug-likeness (QED) is 0.831. The van der Waals surface area contributed by atoms with Gasteiger partial charge in [-0.25, -0.2) is 5.43 Å². The van der Waals surface area contributed by atoms with Gasteiger partial charge in [-0.3, -0.25) is 4.79 Å². The summed E-state index contributed by atoms with van der Waals surface area (Å²) in [6, 6.07) is 14.5. The topological polar surface area (TPSA) is 61.7 Å². The minimum absolute atomic E-state index is 0.0424. The van der Waals surface area contributed by atoms with Crippen molar-refractivity contribution in [3.63, 3.8) is 0 Å². The number of nitrogens with zero attached hydrogens (tertiary/aromatic N) is 1.